The summed E-state index contributed by atoms with van der Waals surface area (Å²) >= 11 is 0. The van der Waals surface area contributed by atoms with Crippen LogP contribution in [0.5, 0.6) is 0 Å². The molecule has 7 heteroatoms. The third-order valence-electron chi connectivity index (χ3n) is 3.99. The zero-order chi connectivity index (χ0) is 17.7. The van der Waals surface area contributed by atoms with E-state index in [1.54, 1.807) is 12.1 Å². The van der Waals surface area contributed by atoms with E-state index in [2.05, 4.69) is 10.6 Å². The van der Waals surface area contributed by atoms with Gasteiger partial charge in [0.1, 0.15) is 11.8 Å². The number of aliphatic carboxylic acids is 1. The molecule has 1 aliphatic rings. The van der Waals surface area contributed by atoms with Crippen molar-refractivity contribution in [3.8, 4) is 0 Å². The van der Waals surface area contributed by atoms with Crippen molar-refractivity contribution in [2.75, 3.05) is 5.32 Å². The second-order valence-corrected chi connectivity index (χ2v) is 5.95. The molecule has 1 saturated carbocycles. The average molecular weight is 332 g/mol. The number of nitrogens with one attached hydrogen (secondary N) is 2. The van der Waals surface area contributed by atoms with E-state index in [9.17, 15) is 24.3 Å². The summed E-state index contributed by atoms with van der Waals surface area (Å²) in [7, 11) is 0. The fraction of sp³-hybridized carbons (Fsp3) is 0.412. The van der Waals surface area contributed by atoms with Crippen LogP contribution in [0.2, 0.25) is 0 Å². The molecule has 0 radical (unpaired) electrons. The zero-order valence-electron chi connectivity index (χ0n) is 13.4. The molecular formula is C17H20N2O5. The van der Waals surface area contributed by atoms with Gasteiger partial charge in [0.05, 0.1) is 0 Å². The van der Waals surface area contributed by atoms with Crippen LogP contribution in [-0.2, 0) is 14.4 Å². The number of carbonyl (C=O) groups excluding carboxylic acids is 3. The summed E-state index contributed by atoms with van der Waals surface area (Å²) in [5, 5.41) is 14.5. The fourth-order valence-electron chi connectivity index (χ4n) is 2.89. The minimum Gasteiger partial charge on any atom is -0.480 e. The van der Waals surface area contributed by atoms with Crippen LogP contribution >= 0.6 is 0 Å². The lowest BCUT2D eigenvalue weighted by atomic mass is 9.83. The van der Waals surface area contributed by atoms with Gasteiger partial charge in [-0.2, -0.15) is 0 Å². The predicted molar refractivity (Wildman–Crippen MR) is 86.6 cm³/mol. The van der Waals surface area contributed by atoms with Gasteiger partial charge in [0.15, 0.2) is 0 Å². The SMILES string of the molecule is CC(=O)Nc1cccc(C(=O)N[C@@H](C(=O)O)[C@@H]2CCCC(=O)C2)c1. The largest absolute Gasteiger partial charge is 0.480 e. The Morgan fingerprint density at radius 1 is 1.29 bits per heavy atom. The minimum absolute atomic E-state index is 0.0272. The van der Waals surface area contributed by atoms with Gasteiger partial charge in [0.25, 0.3) is 5.91 Å². The molecule has 7 nitrogen and oxygen atoms in total. The predicted octanol–water partition coefficient (Wildman–Crippen LogP) is 1.59. The van der Waals surface area contributed by atoms with E-state index in [0.29, 0.717) is 24.9 Å². The molecule has 0 heterocycles. The molecule has 0 bridgehead atoms. The maximum Gasteiger partial charge on any atom is 0.326 e. The molecule has 0 aliphatic heterocycles. The fourth-order valence-corrected chi connectivity index (χ4v) is 2.89. The maximum atomic E-state index is 12.3. The van der Waals surface area contributed by atoms with Crippen molar-refractivity contribution in [3.63, 3.8) is 0 Å². The Morgan fingerprint density at radius 2 is 2.04 bits per heavy atom. The Balaban J connectivity index is 2.11. The minimum atomic E-state index is -1.15. The topological polar surface area (TPSA) is 113 Å². The number of carboxylic acids is 1. The molecule has 0 spiro atoms. The van der Waals surface area contributed by atoms with Crippen molar-refractivity contribution < 1.29 is 24.3 Å². The first-order chi connectivity index (χ1) is 11.4. The summed E-state index contributed by atoms with van der Waals surface area (Å²) in [5.41, 5.74) is 0.699. The van der Waals surface area contributed by atoms with Crippen molar-refractivity contribution in [2.24, 2.45) is 5.92 Å². The molecule has 128 valence electrons. The zero-order valence-corrected chi connectivity index (χ0v) is 13.4. The molecule has 0 aromatic heterocycles. The number of amides is 2. The Labute approximate surface area is 139 Å². The summed E-state index contributed by atoms with van der Waals surface area (Å²) in [4.78, 5) is 46.5. The first kappa shape index (κ1) is 17.7. The van der Waals surface area contributed by atoms with Gasteiger partial charge in [-0.1, -0.05) is 6.07 Å². The smallest absolute Gasteiger partial charge is 0.326 e. The van der Waals surface area contributed by atoms with Crippen LogP contribution in [0.15, 0.2) is 24.3 Å². The highest BCUT2D eigenvalue weighted by Gasteiger charge is 2.33. The number of rotatable bonds is 5. The molecule has 2 rings (SSSR count). The van der Waals surface area contributed by atoms with Gasteiger partial charge < -0.3 is 15.7 Å². The Bertz CT molecular complexity index is 671. The average Bonchev–Trinajstić information content (AvgIpc) is 2.51. The number of carbonyl (C=O) groups is 4. The van der Waals surface area contributed by atoms with Crippen LogP contribution in [0.4, 0.5) is 5.69 Å². The molecular weight excluding hydrogens is 312 g/mol. The number of ketones is 1. The van der Waals surface area contributed by atoms with E-state index in [-0.39, 0.29) is 23.7 Å². The van der Waals surface area contributed by atoms with Gasteiger partial charge in [-0.15, -0.1) is 0 Å². The Kier molecular flexibility index (Phi) is 5.68. The molecule has 2 amide bonds. The van der Waals surface area contributed by atoms with Crippen LogP contribution in [0.25, 0.3) is 0 Å². The van der Waals surface area contributed by atoms with Gasteiger partial charge >= 0.3 is 5.97 Å². The van der Waals surface area contributed by atoms with Crippen molar-refractivity contribution >= 4 is 29.3 Å². The molecule has 1 aromatic rings. The van der Waals surface area contributed by atoms with E-state index in [1.165, 1.54) is 19.1 Å². The van der Waals surface area contributed by atoms with Crippen LogP contribution in [0.3, 0.4) is 0 Å². The summed E-state index contributed by atoms with van der Waals surface area (Å²) in [6.45, 7) is 1.35. The first-order valence-corrected chi connectivity index (χ1v) is 7.80. The van der Waals surface area contributed by atoms with Gasteiger partial charge in [0, 0.05) is 31.0 Å². The standard InChI is InChI=1S/C17H20N2O5/c1-10(20)18-13-6-2-5-12(8-13)16(22)19-15(17(23)24)11-4-3-7-14(21)9-11/h2,5-6,8,11,15H,3-4,7,9H2,1H3,(H,18,20)(H,19,22)(H,23,24)/t11-,15-/m1/s1. The lowest BCUT2D eigenvalue weighted by molar-refractivity contribution is -0.141. The Morgan fingerprint density at radius 3 is 2.67 bits per heavy atom. The highest BCUT2D eigenvalue weighted by Crippen LogP contribution is 2.25. The van der Waals surface area contributed by atoms with Crippen molar-refractivity contribution in [1.82, 2.24) is 5.32 Å². The number of anilines is 1. The van der Waals surface area contributed by atoms with E-state index in [4.69, 9.17) is 0 Å². The third kappa shape index (κ3) is 4.65. The van der Waals surface area contributed by atoms with Crippen LogP contribution in [-0.4, -0.2) is 34.7 Å². The molecule has 1 aliphatic carbocycles. The lowest BCUT2D eigenvalue weighted by Gasteiger charge is -2.27. The summed E-state index contributed by atoms with van der Waals surface area (Å²) < 4.78 is 0. The van der Waals surface area contributed by atoms with Crippen LogP contribution in [0.1, 0.15) is 43.0 Å². The summed E-state index contributed by atoms with van der Waals surface area (Å²) in [6, 6.07) is 5.13. The highest BCUT2D eigenvalue weighted by atomic mass is 16.4. The number of Topliss-reactive ketones (excluding diaryl/α,β-unsaturated/α-hetero) is 1. The van der Waals surface area contributed by atoms with Gasteiger partial charge in [-0.3, -0.25) is 14.4 Å². The normalized spacial score (nSPS) is 18.5. The molecule has 3 N–H and O–H groups in total. The number of carboxylic acid groups (broad SMARTS) is 1. The van der Waals surface area contributed by atoms with E-state index in [1.807, 2.05) is 0 Å². The van der Waals surface area contributed by atoms with Crippen LogP contribution < -0.4 is 10.6 Å². The van der Waals surface area contributed by atoms with Crippen molar-refractivity contribution in [2.45, 2.75) is 38.6 Å². The lowest BCUT2D eigenvalue weighted by Crippen LogP contribution is -2.47. The van der Waals surface area contributed by atoms with Crippen molar-refractivity contribution in [3.05, 3.63) is 29.8 Å². The quantitative estimate of drug-likeness (QED) is 0.758. The highest BCUT2D eigenvalue weighted by molar-refractivity contribution is 5.98. The molecule has 1 fully saturated rings. The number of hydrogen-bond donors (Lipinski definition) is 3. The van der Waals surface area contributed by atoms with E-state index < -0.39 is 23.8 Å². The summed E-state index contributed by atoms with van der Waals surface area (Å²) in [6.07, 6.45) is 1.87. The number of hydrogen-bond acceptors (Lipinski definition) is 4. The van der Waals surface area contributed by atoms with E-state index >= 15 is 0 Å². The molecule has 0 saturated heterocycles. The van der Waals surface area contributed by atoms with Gasteiger partial charge in [-0.25, -0.2) is 4.79 Å². The van der Waals surface area contributed by atoms with E-state index in [0.717, 1.165) is 0 Å². The second kappa shape index (κ2) is 7.72. The molecule has 0 unspecified atom stereocenters. The van der Waals surface area contributed by atoms with Crippen molar-refractivity contribution in [1.29, 1.82) is 0 Å². The van der Waals surface area contributed by atoms with Gasteiger partial charge in [0.2, 0.25) is 5.91 Å². The van der Waals surface area contributed by atoms with Gasteiger partial charge in [-0.05, 0) is 37.0 Å². The Hall–Kier alpha value is -2.70. The molecule has 24 heavy (non-hydrogen) atoms. The first-order valence-electron chi connectivity index (χ1n) is 7.80. The number of benzene rings is 1. The second-order valence-electron chi connectivity index (χ2n) is 5.95. The maximum absolute atomic E-state index is 12.3. The summed E-state index contributed by atoms with van der Waals surface area (Å²) in [5.74, 6) is -2.34. The van der Waals surface area contributed by atoms with Crippen LogP contribution in [0, 0.1) is 5.92 Å². The third-order valence-corrected chi connectivity index (χ3v) is 3.99. The molecule has 2 atom stereocenters. The monoisotopic (exact) mass is 332 g/mol. The molecule has 1 aromatic carbocycles.